The highest BCUT2D eigenvalue weighted by Gasteiger charge is 2.32. The molecule has 12 nitrogen and oxygen atoms in total. The zero-order valence-electron chi connectivity index (χ0n) is 31.6. The Bertz CT molecular complexity index is 1660. The number of carbonyl (C=O) groups excluding carboxylic acids is 2. The third kappa shape index (κ3) is 22.5. The van der Waals surface area contributed by atoms with Crippen LogP contribution in [0, 0.1) is 11.3 Å². The number of nitrogens with zero attached hydrogens (tertiary/aromatic N) is 1. The predicted octanol–water partition coefficient (Wildman–Crippen LogP) is 6.78. The van der Waals surface area contributed by atoms with Crippen molar-refractivity contribution in [3.8, 4) is 29.1 Å². The average Bonchev–Trinajstić information content (AvgIpc) is 3.19. The van der Waals surface area contributed by atoms with Crippen LogP contribution in [0.25, 0.3) is 0 Å². The summed E-state index contributed by atoms with van der Waals surface area (Å²) in [6.07, 6.45) is -11.8. The zero-order chi connectivity index (χ0) is 45.0. The molecule has 2 unspecified atom stereocenters. The highest BCUT2D eigenvalue weighted by atomic mass is 19.4. The number of amides is 1. The number of esters is 1. The molecule has 0 aliphatic carbocycles. The summed E-state index contributed by atoms with van der Waals surface area (Å²) in [5.41, 5.74) is 4.50. The van der Waals surface area contributed by atoms with E-state index < -0.39 is 92.4 Å². The Labute approximate surface area is 336 Å². The van der Waals surface area contributed by atoms with Crippen molar-refractivity contribution in [1.82, 2.24) is 16.0 Å². The number of hydrogen-bond donors (Lipinski definition) is 4. The summed E-state index contributed by atoms with van der Waals surface area (Å²) in [6.45, 7) is -4.33. The van der Waals surface area contributed by atoms with E-state index in [2.05, 4.69) is 39.6 Å². The van der Waals surface area contributed by atoms with Gasteiger partial charge in [-0.2, -0.15) is 57.9 Å². The van der Waals surface area contributed by atoms with E-state index in [9.17, 15) is 62.3 Å². The maximum Gasteiger partial charge on any atom is 0.422 e. The molecule has 60 heavy (non-hydrogen) atoms. The number of nitrogens with two attached hydrogens (primary N) is 1. The molecule has 2 aromatic rings. The van der Waals surface area contributed by atoms with E-state index in [4.69, 9.17) is 11.0 Å². The molecular weight excluding hydrogens is 842 g/mol. The van der Waals surface area contributed by atoms with Gasteiger partial charge in [-0.25, -0.2) is 4.79 Å². The fourth-order valence-electron chi connectivity index (χ4n) is 5.15. The Hall–Kier alpha value is -4.89. The summed E-state index contributed by atoms with van der Waals surface area (Å²) in [5.74, 6) is -3.72. The zero-order valence-corrected chi connectivity index (χ0v) is 31.6. The molecule has 5 N–H and O–H groups in total. The maximum absolute atomic E-state index is 12.4. The van der Waals surface area contributed by atoms with Gasteiger partial charge in [-0.3, -0.25) is 4.79 Å². The van der Waals surface area contributed by atoms with Gasteiger partial charge in [0, 0.05) is 25.2 Å². The first-order valence-electron chi connectivity index (χ1n) is 18.0. The first-order chi connectivity index (χ1) is 28.0. The van der Waals surface area contributed by atoms with Crippen LogP contribution in [0.3, 0.4) is 0 Å². The molecule has 0 aromatic heterocycles. The SMILES string of the molecule is N#CCOC(=O)c1cc(OCC(F)(F)F)ccc1OCC(F)(F)F.NCC1CCCCN1.O=C(NCC1CCCCN1)c1cc(OCC(F)(F)F)ccc1OCC(F)(F)F. The Morgan fingerprint density at radius 2 is 1.10 bits per heavy atom. The third-order valence-electron chi connectivity index (χ3n) is 7.84. The number of rotatable bonds is 14. The fraction of sp³-hybridized carbons (Fsp3) is 0.583. The molecule has 0 bridgehead atoms. The largest absolute Gasteiger partial charge is 0.484 e. The Morgan fingerprint density at radius 1 is 0.667 bits per heavy atom. The van der Waals surface area contributed by atoms with Crippen molar-refractivity contribution >= 4 is 11.9 Å². The van der Waals surface area contributed by atoms with Gasteiger partial charge in [0.15, 0.2) is 33.0 Å². The van der Waals surface area contributed by atoms with Crippen LogP contribution in [0.5, 0.6) is 23.0 Å². The Kier molecular flexibility index (Phi) is 20.8. The average molecular weight is 886 g/mol. The second-order valence-electron chi connectivity index (χ2n) is 12.9. The number of carbonyl (C=O) groups is 2. The van der Waals surface area contributed by atoms with Crippen molar-refractivity contribution in [3.05, 3.63) is 47.5 Å². The number of nitriles is 1. The number of piperidine rings is 2. The monoisotopic (exact) mass is 885 g/mol. The summed E-state index contributed by atoms with van der Waals surface area (Å²) in [4.78, 5) is 24.1. The first kappa shape index (κ1) is 51.3. The minimum Gasteiger partial charge on any atom is -0.484 e. The number of nitrogens with one attached hydrogen (secondary N) is 3. The third-order valence-corrected chi connectivity index (χ3v) is 7.84. The normalized spacial score (nSPS) is 17.0. The topological polar surface area (TPSA) is 166 Å². The smallest absolute Gasteiger partial charge is 0.422 e. The van der Waals surface area contributed by atoms with E-state index >= 15 is 0 Å². The summed E-state index contributed by atoms with van der Waals surface area (Å²) in [5, 5.41) is 17.4. The van der Waals surface area contributed by atoms with E-state index in [0.29, 0.717) is 6.04 Å². The molecular formula is C36H43F12N5O7. The lowest BCUT2D eigenvalue weighted by Crippen LogP contribution is -2.43. The molecule has 0 radical (unpaired) electrons. The maximum atomic E-state index is 12.4. The highest BCUT2D eigenvalue weighted by Crippen LogP contribution is 2.30. The molecule has 1 amide bonds. The van der Waals surface area contributed by atoms with Gasteiger partial charge in [0.2, 0.25) is 0 Å². The first-order valence-corrected chi connectivity index (χ1v) is 18.0. The summed E-state index contributed by atoms with van der Waals surface area (Å²) < 4.78 is 169. The van der Waals surface area contributed by atoms with Gasteiger partial charge < -0.3 is 45.4 Å². The summed E-state index contributed by atoms with van der Waals surface area (Å²) in [6, 6.07) is 7.48. The minimum atomic E-state index is -4.70. The van der Waals surface area contributed by atoms with Crippen molar-refractivity contribution in [2.75, 3.05) is 59.2 Å². The molecule has 2 aliphatic rings. The lowest BCUT2D eigenvalue weighted by Gasteiger charge is -2.24. The van der Waals surface area contributed by atoms with Crippen LogP contribution in [-0.4, -0.2) is 108 Å². The Morgan fingerprint density at radius 3 is 1.50 bits per heavy atom. The number of hydrogen-bond acceptors (Lipinski definition) is 11. The number of halogens is 12. The van der Waals surface area contributed by atoms with Gasteiger partial charge >= 0.3 is 30.7 Å². The molecule has 2 fully saturated rings. The van der Waals surface area contributed by atoms with E-state index in [0.717, 1.165) is 68.8 Å². The van der Waals surface area contributed by atoms with Crippen LogP contribution in [0.4, 0.5) is 52.7 Å². The van der Waals surface area contributed by atoms with Crippen molar-refractivity contribution in [2.45, 2.75) is 75.3 Å². The summed E-state index contributed by atoms with van der Waals surface area (Å²) in [7, 11) is 0. The molecule has 2 aromatic carbocycles. The fourth-order valence-corrected chi connectivity index (χ4v) is 5.15. The molecule has 24 heteroatoms. The van der Waals surface area contributed by atoms with Gasteiger partial charge in [0.1, 0.15) is 34.6 Å². The van der Waals surface area contributed by atoms with Gasteiger partial charge in [0.25, 0.3) is 5.91 Å². The molecule has 4 rings (SSSR count). The summed E-state index contributed by atoms with van der Waals surface area (Å²) >= 11 is 0. The molecule has 2 aliphatic heterocycles. The van der Waals surface area contributed by atoms with Crippen molar-refractivity contribution < 1.29 is 86.0 Å². The van der Waals surface area contributed by atoms with Gasteiger partial charge in [-0.1, -0.05) is 12.8 Å². The van der Waals surface area contributed by atoms with Crippen molar-refractivity contribution in [2.24, 2.45) is 5.73 Å². The van der Waals surface area contributed by atoms with Crippen LogP contribution in [0.1, 0.15) is 59.2 Å². The van der Waals surface area contributed by atoms with Crippen LogP contribution in [-0.2, 0) is 4.74 Å². The molecule has 0 saturated carbocycles. The van der Waals surface area contributed by atoms with Crippen molar-refractivity contribution in [3.63, 3.8) is 0 Å². The minimum absolute atomic E-state index is 0.0157. The van der Waals surface area contributed by atoms with Gasteiger partial charge in [-0.05, 0) is 75.2 Å². The molecule has 0 spiro atoms. The quantitative estimate of drug-likeness (QED) is 0.117. The van der Waals surface area contributed by atoms with E-state index in [1.807, 2.05) is 0 Å². The van der Waals surface area contributed by atoms with Gasteiger partial charge in [-0.15, -0.1) is 0 Å². The molecule has 2 heterocycles. The standard InChI is InChI=1S/C17H20F6N2O3.C13H9F6NO4.C6H14N2/c18-16(19,20)9-27-12-4-5-14(28-10-17(21,22)23)13(7-12)15(26)25-8-11-3-1-2-6-24-11;14-12(15,16)6-23-8-1-2-10(24-7-13(17,18)19)9(5-8)11(21)22-4-3-20;7-5-6-3-1-2-4-8-6/h4-5,7,11,24H,1-3,6,8-10H2,(H,25,26);1-2,5H,4,6-7H2;6,8H,1-5,7H2. The van der Waals surface area contributed by atoms with Crippen LogP contribution in [0.2, 0.25) is 0 Å². The van der Waals surface area contributed by atoms with E-state index in [1.54, 1.807) is 0 Å². The van der Waals surface area contributed by atoms with Crippen molar-refractivity contribution in [1.29, 1.82) is 5.26 Å². The lowest BCUT2D eigenvalue weighted by molar-refractivity contribution is -0.154. The highest BCUT2D eigenvalue weighted by molar-refractivity contribution is 5.97. The second kappa shape index (κ2) is 24.4. The number of benzene rings is 2. The Balaban J connectivity index is 0.000000351. The van der Waals surface area contributed by atoms with E-state index in [-0.39, 0.29) is 23.9 Å². The van der Waals surface area contributed by atoms with E-state index in [1.165, 1.54) is 31.9 Å². The van der Waals surface area contributed by atoms with Crippen LogP contribution in [0.15, 0.2) is 36.4 Å². The van der Waals surface area contributed by atoms with Crippen LogP contribution < -0.4 is 40.6 Å². The number of ether oxygens (including phenoxy) is 5. The second-order valence-corrected chi connectivity index (χ2v) is 12.9. The molecule has 2 atom stereocenters. The van der Waals surface area contributed by atoms with Crippen LogP contribution >= 0.6 is 0 Å². The predicted molar refractivity (Wildman–Crippen MR) is 188 cm³/mol. The molecule has 338 valence electrons. The van der Waals surface area contributed by atoms with Gasteiger partial charge in [0.05, 0.1) is 5.56 Å². The number of alkyl halides is 12. The lowest BCUT2D eigenvalue weighted by atomic mass is 10.0. The molecule has 2 saturated heterocycles.